The largest absolute Gasteiger partial charge is 0.444 e. The van der Waals surface area contributed by atoms with Gasteiger partial charge in [-0.1, -0.05) is 0 Å². The summed E-state index contributed by atoms with van der Waals surface area (Å²) < 4.78 is 5.45. The number of nitrogens with zero attached hydrogens (tertiary/aromatic N) is 3. The lowest BCUT2D eigenvalue weighted by molar-refractivity contribution is 0.0133. The summed E-state index contributed by atoms with van der Waals surface area (Å²) in [5.41, 5.74) is -0.439. The summed E-state index contributed by atoms with van der Waals surface area (Å²) in [6, 6.07) is 0.613. The van der Waals surface area contributed by atoms with Crippen molar-refractivity contribution in [2.24, 2.45) is 0 Å². The van der Waals surface area contributed by atoms with Crippen LogP contribution in [0.25, 0.3) is 0 Å². The van der Waals surface area contributed by atoms with E-state index in [0.29, 0.717) is 6.04 Å². The van der Waals surface area contributed by atoms with Crippen molar-refractivity contribution >= 4 is 17.4 Å². The molecule has 0 spiro atoms. The summed E-state index contributed by atoms with van der Waals surface area (Å²) in [6.07, 6.45) is 3.59. The van der Waals surface area contributed by atoms with E-state index >= 15 is 0 Å². The van der Waals surface area contributed by atoms with Gasteiger partial charge in [-0.05, 0) is 40.5 Å². The lowest BCUT2D eigenvalue weighted by Gasteiger charge is -2.39. The summed E-state index contributed by atoms with van der Waals surface area (Å²) in [5, 5.41) is 3.19. The fourth-order valence-corrected chi connectivity index (χ4v) is 3.47. The van der Waals surface area contributed by atoms with Gasteiger partial charge in [0.2, 0.25) is 0 Å². The van der Waals surface area contributed by atoms with E-state index in [9.17, 15) is 4.79 Å². The highest BCUT2D eigenvalue weighted by Gasteiger charge is 2.30. The van der Waals surface area contributed by atoms with E-state index in [1.807, 2.05) is 39.4 Å². The number of rotatable bonds is 3. The maximum Gasteiger partial charge on any atom is 0.410 e. The van der Waals surface area contributed by atoms with Crippen LogP contribution < -0.4 is 0 Å². The maximum absolute atomic E-state index is 12.1. The minimum atomic E-state index is -0.439. The molecule has 0 bridgehead atoms. The molecule has 0 saturated carbocycles. The molecule has 5 nitrogen and oxygen atoms in total. The summed E-state index contributed by atoms with van der Waals surface area (Å²) in [4.78, 5) is 20.8. The number of hydrogen-bond acceptors (Lipinski definition) is 5. The third-order valence-corrected chi connectivity index (χ3v) is 5.03. The van der Waals surface area contributed by atoms with E-state index < -0.39 is 5.60 Å². The molecule has 1 aliphatic rings. The van der Waals surface area contributed by atoms with Crippen molar-refractivity contribution in [2.75, 3.05) is 20.1 Å². The topological polar surface area (TPSA) is 45.7 Å². The Labute approximate surface area is 137 Å². The number of likely N-dealkylation sites (tertiary alicyclic amines) is 1. The van der Waals surface area contributed by atoms with E-state index in [1.165, 1.54) is 5.01 Å². The van der Waals surface area contributed by atoms with Crippen molar-refractivity contribution in [3.63, 3.8) is 0 Å². The average molecular weight is 325 g/mol. The molecule has 0 N–H and O–H groups in total. The molecule has 0 radical (unpaired) electrons. The van der Waals surface area contributed by atoms with Crippen LogP contribution in [0.15, 0.2) is 11.6 Å². The number of carbonyl (C=O) groups excluding carboxylic acids is 1. The molecular weight excluding hydrogens is 298 g/mol. The van der Waals surface area contributed by atoms with Gasteiger partial charge in [0.1, 0.15) is 10.6 Å². The van der Waals surface area contributed by atoms with Crippen LogP contribution in [-0.2, 0) is 4.74 Å². The zero-order chi connectivity index (χ0) is 16.3. The van der Waals surface area contributed by atoms with Crippen LogP contribution in [0.3, 0.4) is 0 Å². The van der Waals surface area contributed by atoms with Crippen molar-refractivity contribution in [3.8, 4) is 0 Å². The smallest absolute Gasteiger partial charge is 0.410 e. The van der Waals surface area contributed by atoms with Crippen molar-refractivity contribution in [1.82, 2.24) is 14.8 Å². The summed E-state index contributed by atoms with van der Waals surface area (Å²) in [7, 11) is 1.85. The number of aromatic nitrogens is 1. The Balaban J connectivity index is 1.85. The Morgan fingerprint density at radius 3 is 2.59 bits per heavy atom. The van der Waals surface area contributed by atoms with Crippen molar-refractivity contribution in [1.29, 1.82) is 0 Å². The minimum absolute atomic E-state index is 0.223. The van der Waals surface area contributed by atoms with Gasteiger partial charge in [0, 0.05) is 37.8 Å². The third kappa shape index (κ3) is 4.43. The van der Waals surface area contributed by atoms with Crippen LogP contribution in [0, 0.1) is 0 Å². The number of piperidine rings is 1. The van der Waals surface area contributed by atoms with E-state index in [2.05, 4.69) is 16.8 Å². The monoisotopic (exact) mass is 325 g/mol. The zero-order valence-electron chi connectivity index (χ0n) is 14.2. The van der Waals surface area contributed by atoms with E-state index in [1.54, 1.807) is 16.2 Å². The molecule has 1 unspecified atom stereocenters. The number of carbonyl (C=O) groups is 1. The Bertz CT molecular complexity index is 476. The molecule has 0 aromatic carbocycles. The Morgan fingerprint density at radius 1 is 1.45 bits per heavy atom. The van der Waals surface area contributed by atoms with E-state index in [4.69, 9.17) is 4.74 Å². The maximum atomic E-state index is 12.1. The van der Waals surface area contributed by atoms with Gasteiger partial charge in [0.25, 0.3) is 0 Å². The highest BCUT2D eigenvalue weighted by Crippen LogP contribution is 2.27. The van der Waals surface area contributed by atoms with Gasteiger partial charge in [0.05, 0.1) is 6.04 Å². The molecule has 1 aliphatic heterocycles. The highest BCUT2D eigenvalue weighted by molar-refractivity contribution is 7.09. The predicted molar refractivity (Wildman–Crippen MR) is 89.1 cm³/mol. The van der Waals surface area contributed by atoms with Crippen molar-refractivity contribution in [2.45, 2.75) is 58.2 Å². The lowest BCUT2D eigenvalue weighted by atomic mass is 10.0. The number of ether oxygens (including phenoxy) is 1. The molecule has 1 saturated heterocycles. The second kappa shape index (κ2) is 6.96. The molecule has 124 valence electrons. The fourth-order valence-electron chi connectivity index (χ4n) is 2.74. The second-order valence-corrected chi connectivity index (χ2v) is 7.83. The first kappa shape index (κ1) is 17.2. The number of amides is 1. The van der Waals surface area contributed by atoms with Crippen LogP contribution in [-0.4, -0.2) is 52.7 Å². The fraction of sp³-hybridized carbons (Fsp3) is 0.750. The van der Waals surface area contributed by atoms with Crippen LogP contribution in [0.4, 0.5) is 4.79 Å². The molecular formula is C16H27N3O2S. The summed E-state index contributed by atoms with van der Waals surface area (Å²) >= 11 is 1.71. The van der Waals surface area contributed by atoms with Gasteiger partial charge in [-0.15, -0.1) is 11.3 Å². The molecule has 1 aromatic heterocycles. The quantitative estimate of drug-likeness (QED) is 0.853. The SMILES string of the molecule is CC(c1nccs1)N1CCC(N(C)C(=O)OC(C)(C)C)CC1. The van der Waals surface area contributed by atoms with E-state index in [0.717, 1.165) is 25.9 Å². The Morgan fingerprint density at radius 2 is 2.09 bits per heavy atom. The van der Waals surface area contributed by atoms with Crippen molar-refractivity contribution in [3.05, 3.63) is 16.6 Å². The van der Waals surface area contributed by atoms with E-state index in [-0.39, 0.29) is 12.1 Å². The first-order chi connectivity index (χ1) is 10.3. The minimum Gasteiger partial charge on any atom is -0.444 e. The van der Waals surface area contributed by atoms with Crippen LogP contribution in [0.1, 0.15) is 51.6 Å². The summed E-state index contributed by atoms with van der Waals surface area (Å²) in [6.45, 7) is 9.87. The first-order valence-corrected chi connectivity index (χ1v) is 8.75. The molecule has 22 heavy (non-hydrogen) atoms. The molecule has 2 heterocycles. The molecule has 1 aromatic rings. The van der Waals surface area contributed by atoms with Gasteiger partial charge >= 0.3 is 6.09 Å². The molecule has 1 atom stereocenters. The highest BCUT2D eigenvalue weighted by atomic mass is 32.1. The number of hydrogen-bond donors (Lipinski definition) is 0. The first-order valence-electron chi connectivity index (χ1n) is 7.87. The van der Waals surface area contributed by atoms with Gasteiger partial charge in [-0.25, -0.2) is 9.78 Å². The number of thiazole rings is 1. The van der Waals surface area contributed by atoms with Gasteiger partial charge < -0.3 is 9.64 Å². The van der Waals surface area contributed by atoms with Gasteiger partial charge in [-0.2, -0.15) is 0 Å². The zero-order valence-corrected chi connectivity index (χ0v) is 15.0. The average Bonchev–Trinajstić information content (AvgIpc) is 2.98. The predicted octanol–water partition coefficient (Wildman–Crippen LogP) is 3.54. The van der Waals surface area contributed by atoms with Crippen LogP contribution in [0.2, 0.25) is 0 Å². The summed E-state index contributed by atoms with van der Waals surface area (Å²) in [5.74, 6) is 0. The van der Waals surface area contributed by atoms with Gasteiger partial charge in [0.15, 0.2) is 0 Å². The van der Waals surface area contributed by atoms with Gasteiger partial charge in [-0.3, -0.25) is 4.90 Å². The molecule has 2 rings (SSSR count). The molecule has 1 fully saturated rings. The van der Waals surface area contributed by atoms with Crippen LogP contribution >= 0.6 is 11.3 Å². The molecule has 1 amide bonds. The van der Waals surface area contributed by atoms with Crippen molar-refractivity contribution < 1.29 is 9.53 Å². The normalized spacial score (nSPS) is 19.0. The lowest BCUT2D eigenvalue weighted by Crippen LogP contribution is -2.47. The molecule has 0 aliphatic carbocycles. The standard InChI is InChI=1S/C16H27N3O2S/c1-12(14-17-8-11-22-14)19-9-6-13(7-10-19)18(5)15(20)21-16(2,3)4/h8,11-13H,6-7,9-10H2,1-5H3. The molecule has 6 heteroatoms. The third-order valence-electron chi connectivity index (χ3n) is 4.08. The second-order valence-electron chi connectivity index (χ2n) is 6.90. The Kier molecular flexibility index (Phi) is 5.45. The van der Waals surface area contributed by atoms with Crippen LogP contribution in [0.5, 0.6) is 0 Å². The Hall–Kier alpha value is -1.14.